The molecule has 1 heterocycles. The van der Waals surface area contributed by atoms with E-state index >= 15 is 0 Å². The Labute approximate surface area is 76.1 Å². The minimum atomic E-state index is -2.93. The highest BCUT2D eigenvalue weighted by molar-refractivity contribution is 6.42. The second kappa shape index (κ2) is 3.49. The Balaban J connectivity index is 3.28. The highest BCUT2D eigenvalue weighted by Crippen LogP contribution is 2.31. The van der Waals surface area contributed by atoms with Crippen molar-refractivity contribution in [1.82, 2.24) is 4.98 Å². The van der Waals surface area contributed by atoms with Crippen LogP contribution in [-0.4, -0.2) is 4.98 Å². The summed E-state index contributed by atoms with van der Waals surface area (Å²) in [5, 5.41) is -0.674. The highest BCUT2D eigenvalue weighted by atomic mass is 35.5. The van der Waals surface area contributed by atoms with Gasteiger partial charge in [0.15, 0.2) is 0 Å². The van der Waals surface area contributed by atoms with Gasteiger partial charge in [0.05, 0.1) is 10.0 Å². The van der Waals surface area contributed by atoms with Crippen LogP contribution in [0.5, 0.6) is 0 Å². The predicted octanol–water partition coefficient (Wildman–Crippen LogP) is 3.47. The lowest BCUT2D eigenvalue weighted by atomic mass is 10.3. The van der Waals surface area contributed by atoms with Crippen LogP contribution in [0.3, 0.4) is 0 Å². The number of hydrogen-bond acceptors (Lipinski definition) is 1. The lowest BCUT2D eigenvalue weighted by Gasteiger charge is -2.02. The summed E-state index contributed by atoms with van der Waals surface area (Å²) in [6, 6.07) is 0.774. The van der Waals surface area contributed by atoms with Crippen molar-refractivity contribution in [3.05, 3.63) is 27.8 Å². The topological polar surface area (TPSA) is 12.9 Å². The van der Waals surface area contributed by atoms with E-state index in [9.17, 15) is 13.2 Å². The second-order valence-corrected chi connectivity index (χ2v) is 2.71. The lowest BCUT2D eigenvalue weighted by molar-refractivity contribution is 0.145. The highest BCUT2D eigenvalue weighted by Gasteiger charge is 2.17. The molecule has 0 saturated carbocycles. The molecule has 0 fully saturated rings. The maximum Gasteiger partial charge on any atom is 0.282 e. The summed E-state index contributed by atoms with van der Waals surface area (Å²) in [5.41, 5.74) is -0.832. The quantitative estimate of drug-likeness (QED) is 0.655. The van der Waals surface area contributed by atoms with Crippen molar-refractivity contribution in [1.29, 1.82) is 0 Å². The van der Waals surface area contributed by atoms with E-state index in [1.54, 1.807) is 0 Å². The maximum absolute atomic E-state index is 12.4. The van der Waals surface area contributed by atoms with Crippen molar-refractivity contribution in [2.24, 2.45) is 0 Å². The van der Waals surface area contributed by atoms with Gasteiger partial charge in [0.25, 0.3) is 6.43 Å². The van der Waals surface area contributed by atoms with E-state index in [2.05, 4.69) is 4.98 Å². The summed E-state index contributed by atoms with van der Waals surface area (Å²) in [4.78, 5) is 2.90. The van der Waals surface area contributed by atoms with E-state index in [1.807, 2.05) is 0 Å². The molecule has 66 valence electrons. The van der Waals surface area contributed by atoms with E-state index < -0.39 is 23.1 Å². The zero-order valence-corrected chi connectivity index (χ0v) is 7.00. The van der Waals surface area contributed by atoms with E-state index in [0.29, 0.717) is 0 Å². The van der Waals surface area contributed by atoms with Gasteiger partial charge in [0.2, 0.25) is 5.95 Å². The third-order valence-electron chi connectivity index (χ3n) is 1.11. The molecule has 12 heavy (non-hydrogen) atoms. The fourth-order valence-electron chi connectivity index (χ4n) is 0.631. The molecule has 0 aliphatic rings. The third kappa shape index (κ3) is 1.81. The van der Waals surface area contributed by atoms with Crippen LogP contribution in [0.4, 0.5) is 13.2 Å². The molecule has 0 N–H and O–H groups in total. The number of rotatable bonds is 1. The van der Waals surface area contributed by atoms with Crippen LogP contribution in [0.1, 0.15) is 12.1 Å². The van der Waals surface area contributed by atoms with E-state index in [-0.39, 0.29) is 5.02 Å². The Kier molecular flexibility index (Phi) is 2.80. The fraction of sp³-hybridized carbons (Fsp3) is 0.167. The summed E-state index contributed by atoms with van der Waals surface area (Å²) >= 11 is 10.6. The Morgan fingerprint density at radius 3 is 2.42 bits per heavy atom. The molecule has 0 amide bonds. The smallest absolute Gasteiger partial charge is 0.217 e. The average Bonchev–Trinajstić information content (AvgIpc) is 1.96. The van der Waals surface area contributed by atoms with Gasteiger partial charge in [-0.2, -0.15) is 4.39 Å². The molecule has 0 atom stereocenters. The van der Waals surface area contributed by atoms with E-state index in [0.717, 1.165) is 6.07 Å². The van der Waals surface area contributed by atoms with Crippen LogP contribution in [0.15, 0.2) is 6.07 Å². The van der Waals surface area contributed by atoms with Crippen molar-refractivity contribution in [3.63, 3.8) is 0 Å². The van der Waals surface area contributed by atoms with Crippen molar-refractivity contribution in [2.45, 2.75) is 6.43 Å². The van der Waals surface area contributed by atoms with Crippen LogP contribution in [0, 0.1) is 5.95 Å². The zero-order valence-electron chi connectivity index (χ0n) is 5.49. The zero-order chi connectivity index (χ0) is 9.30. The predicted molar refractivity (Wildman–Crippen MR) is 39.2 cm³/mol. The molecule has 0 aliphatic heterocycles. The molecule has 1 aromatic heterocycles. The monoisotopic (exact) mass is 215 g/mol. The third-order valence-corrected chi connectivity index (χ3v) is 1.91. The van der Waals surface area contributed by atoms with Gasteiger partial charge in [-0.3, -0.25) is 0 Å². The number of alkyl halides is 2. The molecule has 0 spiro atoms. The molecule has 1 aromatic rings. The number of aromatic nitrogens is 1. The summed E-state index contributed by atoms with van der Waals surface area (Å²) in [7, 11) is 0. The summed E-state index contributed by atoms with van der Waals surface area (Å²) in [6.07, 6.45) is -2.93. The number of pyridine rings is 1. The summed E-state index contributed by atoms with van der Waals surface area (Å²) < 4.78 is 36.4. The molecule has 0 unspecified atom stereocenters. The first-order valence-corrected chi connectivity index (χ1v) is 3.57. The van der Waals surface area contributed by atoms with Gasteiger partial charge < -0.3 is 0 Å². The number of hydrogen-bond donors (Lipinski definition) is 0. The van der Waals surface area contributed by atoms with Crippen molar-refractivity contribution in [2.75, 3.05) is 0 Å². The Morgan fingerprint density at radius 2 is 1.92 bits per heavy atom. The SMILES string of the molecule is Fc1cc(Cl)c(Cl)c(C(F)F)n1. The van der Waals surface area contributed by atoms with Crippen molar-refractivity contribution < 1.29 is 13.2 Å². The second-order valence-electron chi connectivity index (χ2n) is 1.93. The van der Waals surface area contributed by atoms with Crippen LogP contribution in [0.25, 0.3) is 0 Å². The minimum absolute atomic E-state index is 0.264. The van der Waals surface area contributed by atoms with Crippen LogP contribution in [0.2, 0.25) is 10.0 Å². The van der Waals surface area contributed by atoms with Gasteiger partial charge >= 0.3 is 0 Å². The maximum atomic E-state index is 12.4. The largest absolute Gasteiger partial charge is 0.282 e. The van der Waals surface area contributed by atoms with Gasteiger partial charge in [-0.1, -0.05) is 23.2 Å². The lowest BCUT2D eigenvalue weighted by Crippen LogP contribution is -1.95. The fourth-order valence-corrected chi connectivity index (χ4v) is 0.997. The number of nitrogens with zero attached hydrogens (tertiary/aromatic N) is 1. The number of halogens is 5. The first-order valence-electron chi connectivity index (χ1n) is 2.82. The minimum Gasteiger partial charge on any atom is -0.217 e. The van der Waals surface area contributed by atoms with E-state index in [1.165, 1.54) is 0 Å². The average molecular weight is 216 g/mol. The van der Waals surface area contributed by atoms with Gasteiger partial charge in [0, 0.05) is 6.07 Å². The molecular formula is C6H2Cl2F3N. The summed E-state index contributed by atoms with van der Waals surface area (Å²) in [6.45, 7) is 0. The van der Waals surface area contributed by atoms with Crippen molar-refractivity contribution >= 4 is 23.2 Å². The van der Waals surface area contributed by atoms with Crippen molar-refractivity contribution in [3.8, 4) is 0 Å². The molecule has 6 heteroatoms. The Bertz CT molecular complexity index is 303. The molecule has 0 aromatic carbocycles. The molecule has 0 bridgehead atoms. The molecule has 0 saturated heterocycles. The Hall–Kier alpha value is -0.480. The molecular weight excluding hydrogens is 214 g/mol. The first-order chi connectivity index (χ1) is 5.52. The first kappa shape index (κ1) is 9.61. The van der Waals surface area contributed by atoms with Gasteiger partial charge in [0.1, 0.15) is 5.69 Å². The van der Waals surface area contributed by atoms with Crippen LogP contribution < -0.4 is 0 Å². The van der Waals surface area contributed by atoms with Crippen LogP contribution in [-0.2, 0) is 0 Å². The standard InChI is InChI=1S/C6H2Cl2F3N/c7-2-1-3(9)12-5(4(2)8)6(10)11/h1,6H. The van der Waals surface area contributed by atoms with Gasteiger partial charge in [-0.25, -0.2) is 13.8 Å². The summed E-state index contributed by atoms with van der Waals surface area (Å²) in [5.74, 6) is -1.07. The normalized spacial score (nSPS) is 10.8. The van der Waals surface area contributed by atoms with E-state index in [4.69, 9.17) is 23.2 Å². The molecule has 0 radical (unpaired) electrons. The molecule has 0 aliphatic carbocycles. The van der Waals surface area contributed by atoms with Gasteiger partial charge in [-0.15, -0.1) is 0 Å². The van der Waals surface area contributed by atoms with Crippen LogP contribution >= 0.6 is 23.2 Å². The molecule has 1 rings (SSSR count). The molecule has 1 nitrogen and oxygen atoms in total. The Morgan fingerprint density at radius 1 is 1.33 bits per heavy atom. The van der Waals surface area contributed by atoms with Gasteiger partial charge in [-0.05, 0) is 0 Å².